The van der Waals surface area contributed by atoms with Crippen LogP contribution in [0.15, 0.2) is 16.2 Å². The van der Waals surface area contributed by atoms with E-state index in [0.29, 0.717) is 13.1 Å². The van der Waals surface area contributed by atoms with E-state index in [-0.39, 0.29) is 5.69 Å². The van der Waals surface area contributed by atoms with Gasteiger partial charge in [-0.25, -0.2) is 9.48 Å². The standard InChI is InChI=1S/C8H14N6O/c9-13-11-5-3-1-2-4-6-14-8(15)10-7-12-14/h7H,1-6H2,(H,10,12,15). The summed E-state index contributed by atoms with van der Waals surface area (Å²) in [5, 5.41) is 7.29. The van der Waals surface area contributed by atoms with Crippen LogP contribution in [0.5, 0.6) is 0 Å². The van der Waals surface area contributed by atoms with Gasteiger partial charge in [0.05, 0.1) is 0 Å². The number of azide groups is 1. The van der Waals surface area contributed by atoms with E-state index in [0.717, 1.165) is 25.7 Å². The fourth-order valence-corrected chi connectivity index (χ4v) is 1.28. The Morgan fingerprint density at radius 1 is 1.47 bits per heavy atom. The lowest BCUT2D eigenvalue weighted by Crippen LogP contribution is -2.18. The van der Waals surface area contributed by atoms with Crippen molar-refractivity contribution in [2.45, 2.75) is 32.2 Å². The van der Waals surface area contributed by atoms with Crippen LogP contribution in [0.3, 0.4) is 0 Å². The summed E-state index contributed by atoms with van der Waals surface area (Å²) in [6.07, 6.45) is 5.24. The molecule has 1 aromatic rings. The number of nitrogens with one attached hydrogen (secondary N) is 1. The molecule has 1 heterocycles. The van der Waals surface area contributed by atoms with Crippen molar-refractivity contribution in [3.05, 3.63) is 27.3 Å². The Labute approximate surface area is 86.7 Å². The topological polar surface area (TPSA) is 99.4 Å². The van der Waals surface area contributed by atoms with Gasteiger partial charge in [0.1, 0.15) is 6.33 Å². The molecule has 0 unspecified atom stereocenters. The van der Waals surface area contributed by atoms with Gasteiger partial charge in [0.15, 0.2) is 0 Å². The van der Waals surface area contributed by atoms with Crippen molar-refractivity contribution in [1.82, 2.24) is 14.8 Å². The van der Waals surface area contributed by atoms with E-state index in [2.05, 4.69) is 20.1 Å². The molecule has 0 saturated carbocycles. The molecule has 0 fully saturated rings. The van der Waals surface area contributed by atoms with Crippen LogP contribution in [0.1, 0.15) is 25.7 Å². The first kappa shape index (κ1) is 11.3. The second-order valence-corrected chi connectivity index (χ2v) is 3.19. The second-order valence-electron chi connectivity index (χ2n) is 3.19. The molecule has 1 N–H and O–H groups in total. The largest absolute Gasteiger partial charge is 0.343 e. The molecule has 0 aliphatic rings. The number of rotatable bonds is 7. The van der Waals surface area contributed by atoms with Crippen LogP contribution in [0, 0.1) is 0 Å². The van der Waals surface area contributed by atoms with Crippen molar-refractivity contribution in [3.63, 3.8) is 0 Å². The predicted molar refractivity (Wildman–Crippen MR) is 55.3 cm³/mol. The van der Waals surface area contributed by atoms with Gasteiger partial charge in [0.25, 0.3) is 0 Å². The van der Waals surface area contributed by atoms with Crippen molar-refractivity contribution in [1.29, 1.82) is 0 Å². The molecule has 1 aromatic heterocycles. The summed E-state index contributed by atoms with van der Waals surface area (Å²) in [4.78, 5) is 16.2. The highest BCUT2D eigenvalue weighted by Crippen LogP contribution is 2.00. The number of aromatic amines is 1. The van der Waals surface area contributed by atoms with E-state index in [1.54, 1.807) is 0 Å². The summed E-state index contributed by atoms with van der Waals surface area (Å²) >= 11 is 0. The van der Waals surface area contributed by atoms with E-state index < -0.39 is 0 Å². The minimum absolute atomic E-state index is 0.163. The zero-order valence-corrected chi connectivity index (χ0v) is 8.46. The summed E-state index contributed by atoms with van der Waals surface area (Å²) in [7, 11) is 0. The Morgan fingerprint density at radius 2 is 2.27 bits per heavy atom. The lowest BCUT2D eigenvalue weighted by molar-refractivity contribution is 0.524. The predicted octanol–water partition coefficient (Wildman–Crippen LogP) is 1.44. The summed E-state index contributed by atoms with van der Waals surface area (Å²) in [5.74, 6) is 0. The maximum Gasteiger partial charge on any atom is 0.343 e. The number of aromatic nitrogens is 3. The van der Waals surface area contributed by atoms with Crippen LogP contribution in [0.4, 0.5) is 0 Å². The number of unbranched alkanes of at least 4 members (excludes halogenated alkanes) is 3. The van der Waals surface area contributed by atoms with E-state index in [1.807, 2.05) is 0 Å². The summed E-state index contributed by atoms with van der Waals surface area (Å²) in [6, 6.07) is 0. The Balaban J connectivity index is 2.05. The van der Waals surface area contributed by atoms with Crippen LogP contribution < -0.4 is 5.69 Å². The maximum atomic E-state index is 11.0. The molecule has 0 aliphatic carbocycles. The Kier molecular flexibility index (Phi) is 5.03. The van der Waals surface area contributed by atoms with Crippen LogP contribution in [0.2, 0.25) is 0 Å². The minimum atomic E-state index is -0.163. The highest BCUT2D eigenvalue weighted by Gasteiger charge is 1.96. The Morgan fingerprint density at radius 3 is 2.93 bits per heavy atom. The number of hydrogen-bond acceptors (Lipinski definition) is 3. The quantitative estimate of drug-likeness (QED) is 0.318. The average molecular weight is 210 g/mol. The molecule has 0 radical (unpaired) electrons. The van der Waals surface area contributed by atoms with Gasteiger partial charge in [-0.15, -0.1) is 0 Å². The summed E-state index contributed by atoms with van der Waals surface area (Å²) in [5.41, 5.74) is 7.87. The molecule has 0 aromatic carbocycles. The highest BCUT2D eigenvalue weighted by atomic mass is 16.1. The van der Waals surface area contributed by atoms with Gasteiger partial charge in [0, 0.05) is 18.0 Å². The molecule has 0 spiro atoms. The monoisotopic (exact) mass is 210 g/mol. The molecule has 1 rings (SSSR count). The van der Waals surface area contributed by atoms with Crippen LogP contribution in [-0.2, 0) is 6.54 Å². The summed E-state index contributed by atoms with van der Waals surface area (Å²) < 4.78 is 1.41. The second kappa shape index (κ2) is 6.67. The van der Waals surface area contributed by atoms with Crippen LogP contribution >= 0.6 is 0 Å². The molecular weight excluding hydrogens is 196 g/mol. The van der Waals surface area contributed by atoms with E-state index in [1.165, 1.54) is 11.0 Å². The number of hydrogen-bond donors (Lipinski definition) is 1. The molecule has 0 aliphatic heterocycles. The van der Waals surface area contributed by atoms with Gasteiger partial charge in [-0.05, 0) is 18.4 Å². The van der Waals surface area contributed by atoms with Gasteiger partial charge < -0.3 is 0 Å². The van der Waals surface area contributed by atoms with Crippen molar-refractivity contribution < 1.29 is 0 Å². The lowest BCUT2D eigenvalue weighted by Gasteiger charge is -1.99. The fraction of sp³-hybridized carbons (Fsp3) is 0.750. The van der Waals surface area contributed by atoms with Crippen molar-refractivity contribution in [2.24, 2.45) is 5.11 Å². The fourth-order valence-electron chi connectivity index (χ4n) is 1.28. The Bertz CT molecular complexity index is 374. The summed E-state index contributed by atoms with van der Waals surface area (Å²) in [6.45, 7) is 1.20. The number of nitrogens with zero attached hydrogens (tertiary/aromatic N) is 5. The molecule has 0 atom stereocenters. The molecule has 82 valence electrons. The zero-order chi connectivity index (χ0) is 10.9. The maximum absolute atomic E-state index is 11.0. The third-order valence-corrected chi connectivity index (χ3v) is 2.06. The first-order valence-corrected chi connectivity index (χ1v) is 4.96. The van der Waals surface area contributed by atoms with Crippen molar-refractivity contribution >= 4 is 0 Å². The van der Waals surface area contributed by atoms with Gasteiger partial charge in [-0.3, -0.25) is 4.98 Å². The van der Waals surface area contributed by atoms with E-state index >= 15 is 0 Å². The highest BCUT2D eigenvalue weighted by molar-refractivity contribution is 4.59. The number of H-pyrrole nitrogens is 1. The van der Waals surface area contributed by atoms with Gasteiger partial charge >= 0.3 is 5.69 Å². The van der Waals surface area contributed by atoms with Crippen LogP contribution in [0.25, 0.3) is 10.4 Å². The average Bonchev–Trinajstić information content (AvgIpc) is 2.63. The first-order chi connectivity index (χ1) is 7.34. The lowest BCUT2D eigenvalue weighted by atomic mass is 10.2. The van der Waals surface area contributed by atoms with E-state index in [4.69, 9.17) is 5.53 Å². The van der Waals surface area contributed by atoms with Gasteiger partial charge in [-0.2, -0.15) is 5.10 Å². The smallest absolute Gasteiger partial charge is 0.295 e. The Hall–Kier alpha value is -1.75. The molecule has 0 saturated heterocycles. The SMILES string of the molecule is [N-]=[N+]=NCCCCCCn1nc[nH]c1=O. The van der Waals surface area contributed by atoms with Gasteiger partial charge in [-0.1, -0.05) is 18.0 Å². The minimum Gasteiger partial charge on any atom is -0.295 e. The first-order valence-electron chi connectivity index (χ1n) is 4.96. The number of aryl methyl sites for hydroxylation is 1. The van der Waals surface area contributed by atoms with Gasteiger partial charge in [0.2, 0.25) is 0 Å². The molecular formula is C8H14N6O. The molecule has 7 heteroatoms. The molecule has 15 heavy (non-hydrogen) atoms. The van der Waals surface area contributed by atoms with Crippen LogP contribution in [-0.4, -0.2) is 21.3 Å². The third-order valence-electron chi connectivity index (χ3n) is 2.06. The normalized spacial score (nSPS) is 9.87. The van der Waals surface area contributed by atoms with Crippen molar-refractivity contribution in [3.8, 4) is 0 Å². The zero-order valence-electron chi connectivity index (χ0n) is 8.46. The molecule has 7 nitrogen and oxygen atoms in total. The third kappa shape index (κ3) is 4.33. The molecule has 0 amide bonds. The van der Waals surface area contributed by atoms with Crippen molar-refractivity contribution in [2.75, 3.05) is 6.54 Å². The van der Waals surface area contributed by atoms with E-state index in [9.17, 15) is 4.79 Å². The molecule has 0 bridgehead atoms.